The van der Waals surface area contributed by atoms with Crippen molar-refractivity contribution in [1.82, 2.24) is 0 Å². The van der Waals surface area contributed by atoms with Crippen LogP contribution in [0.1, 0.15) is 53.0 Å². The molecule has 1 atom stereocenters. The van der Waals surface area contributed by atoms with Crippen LogP contribution < -0.4 is 10.1 Å². The largest absolute Gasteiger partial charge is 0.493 e. The zero-order valence-electron chi connectivity index (χ0n) is 15.3. The van der Waals surface area contributed by atoms with E-state index in [2.05, 4.69) is 25.2 Å². The molecule has 5 nitrogen and oxygen atoms in total. The number of carbonyl (C=O) groups is 1. The number of nitrogens with one attached hydrogen (secondary N) is 1. The minimum absolute atomic E-state index is 0.237. The Labute approximate surface area is 145 Å². The molecule has 1 amide bonds. The first-order valence-corrected chi connectivity index (χ1v) is 8.48. The van der Waals surface area contributed by atoms with E-state index in [9.17, 15) is 10.1 Å². The molecule has 24 heavy (non-hydrogen) atoms. The summed E-state index contributed by atoms with van der Waals surface area (Å²) in [5.74, 6) is 0.786. The lowest BCUT2D eigenvalue weighted by Crippen LogP contribution is -2.42. The highest BCUT2D eigenvalue weighted by atomic mass is 16.5. The molecule has 132 valence electrons. The van der Waals surface area contributed by atoms with Gasteiger partial charge in [0.05, 0.1) is 17.9 Å². The predicted octanol–water partition coefficient (Wildman–Crippen LogP) is 4.13. The van der Waals surface area contributed by atoms with E-state index in [4.69, 9.17) is 9.47 Å². The van der Waals surface area contributed by atoms with Crippen molar-refractivity contribution in [3.63, 3.8) is 0 Å². The summed E-state index contributed by atoms with van der Waals surface area (Å²) in [7, 11) is 0. The lowest BCUT2D eigenvalue weighted by molar-refractivity contribution is -0.139. The number of hydrogen-bond acceptors (Lipinski definition) is 4. The third kappa shape index (κ3) is 5.54. The third-order valence-corrected chi connectivity index (χ3v) is 3.61. The molecular weight excluding hydrogens is 304 g/mol. The van der Waals surface area contributed by atoms with Gasteiger partial charge in [0.2, 0.25) is 0 Å². The Hall–Kier alpha value is -2.06. The number of nitriles is 1. The molecule has 1 N–H and O–H groups in total. The maximum atomic E-state index is 12.6. The second kappa shape index (κ2) is 9.29. The molecule has 0 radical (unpaired) electrons. The van der Waals surface area contributed by atoms with Gasteiger partial charge >= 0.3 is 0 Å². The second-order valence-corrected chi connectivity index (χ2v) is 6.39. The number of hydrogen-bond donors (Lipinski definition) is 1. The highest BCUT2D eigenvalue weighted by molar-refractivity contribution is 5.98. The van der Waals surface area contributed by atoms with E-state index in [0.717, 1.165) is 6.42 Å². The molecule has 5 heteroatoms. The fourth-order valence-corrected chi connectivity index (χ4v) is 2.38. The average Bonchev–Trinajstić information content (AvgIpc) is 2.54. The maximum absolute atomic E-state index is 12.6. The van der Waals surface area contributed by atoms with Crippen LogP contribution in [0.5, 0.6) is 5.75 Å². The molecule has 0 fully saturated rings. The van der Waals surface area contributed by atoms with Gasteiger partial charge in [-0.25, -0.2) is 0 Å². The number of amides is 1. The summed E-state index contributed by atoms with van der Waals surface area (Å²) in [5.41, 5.74) is -0.0513. The molecule has 1 aromatic carbocycles. The van der Waals surface area contributed by atoms with Gasteiger partial charge in [0.25, 0.3) is 5.91 Å². The van der Waals surface area contributed by atoms with Crippen molar-refractivity contribution in [2.45, 2.75) is 53.1 Å². The topological polar surface area (TPSA) is 71.3 Å². The molecule has 0 aliphatic rings. The van der Waals surface area contributed by atoms with E-state index >= 15 is 0 Å². The number of anilines is 1. The quantitative estimate of drug-likeness (QED) is 0.738. The zero-order chi connectivity index (χ0) is 18.2. The van der Waals surface area contributed by atoms with Crippen LogP contribution in [0.4, 0.5) is 5.69 Å². The molecule has 0 unspecified atom stereocenters. The van der Waals surface area contributed by atoms with Gasteiger partial charge in [0.1, 0.15) is 17.4 Å². The normalized spacial score (nSPS) is 13.2. The van der Waals surface area contributed by atoms with Crippen molar-refractivity contribution < 1.29 is 14.3 Å². The van der Waals surface area contributed by atoms with Gasteiger partial charge in [-0.3, -0.25) is 4.79 Å². The molecule has 0 spiro atoms. The minimum atomic E-state index is -0.900. The van der Waals surface area contributed by atoms with Gasteiger partial charge in [-0.15, -0.1) is 0 Å². The molecule has 0 bridgehead atoms. The predicted molar refractivity (Wildman–Crippen MR) is 95.1 cm³/mol. The van der Waals surface area contributed by atoms with E-state index in [1.165, 1.54) is 0 Å². The molecular formula is C19H28N2O3. The van der Waals surface area contributed by atoms with Crippen LogP contribution in [-0.2, 0) is 9.53 Å². The van der Waals surface area contributed by atoms with E-state index in [1.54, 1.807) is 25.1 Å². The van der Waals surface area contributed by atoms with Crippen molar-refractivity contribution in [1.29, 1.82) is 5.26 Å². The standard InChI is InChI=1S/C19H28N2O3/c1-6-10-19(5,24-7-2)18(22)21-17-9-8-16(11-15(17)12-20)23-13-14(3)4/h8-9,11,14H,6-7,10,13H2,1-5H3,(H,21,22)/t19-/m0/s1. The number of ether oxygens (including phenoxy) is 2. The summed E-state index contributed by atoms with van der Waals surface area (Å²) in [6.45, 7) is 10.8. The highest BCUT2D eigenvalue weighted by Gasteiger charge is 2.33. The SMILES string of the molecule is CCC[C@](C)(OCC)C(=O)Nc1ccc(OCC(C)C)cc1C#N. The lowest BCUT2D eigenvalue weighted by Gasteiger charge is -2.28. The van der Waals surface area contributed by atoms with Crippen LogP contribution in [0.3, 0.4) is 0 Å². The van der Waals surface area contributed by atoms with Gasteiger partial charge < -0.3 is 14.8 Å². The van der Waals surface area contributed by atoms with Crippen molar-refractivity contribution >= 4 is 11.6 Å². The lowest BCUT2D eigenvalue weighted by atomic mass is 9.98. The monoisotopic (exact) mass is 332 g/mol. The number of benzene rings is 1. The van der Waals surface area contributed by atoms with E-state index in [1.807, 2.05) is 13.8 Å². The summed E-state index contributed by atoms with van der Waals surface area (Å²) in [4.78, 5) is 12.6. The van der Waals surface area contributed by atoms with Crippen molar-refractivity contribution in [3.8, 4) is 11.8 Å². The fraction of sp³-hybridized carbons (Fsp3) is 0.579. The van der Waals surface area contributed by atoms with Crippen LogP contribution in [0.25, 0.3) is 0 Å². The number of nitrogens with zero attached hydrogens (tertiary/aromatic N) is 1. The molecule has 1 aromatic rings. The first-order chi connectivity index (χ1) is 11.4. The smallest absolute Gasteiger partial charge is 0.256 e. The Morgan fingerprint density at radius 2 is 2.08 bits per heavy atom. The first-order valence-electron chi connectivity index (χ1n) is 8.48. The summed E-state index contributed by atoms with van der Waals surface area (Å²) in [5, 5.41) is 12.2. The first kappa shape index (κ1) is 20.0. The molecule has 0 aromatic heterocycles. The maximum Gasteiger partial charge on any atom is 0.256 e. The number of rotatable bonds is 9. The summed E-state index contributed by atoms with van der Waals surface area (Å²) in [6.07, 6.45) is 1.45. The Kier molecular flexibility index (Phi) is 7.73. The molecule has 0 heterocycles. The highest BCUT2D eigenvalue weighted by Crippen LogP contribution is 2.25. The Balaban J connectivity index is 2.93. The summed E-state index contributed by atoms with van der Waals surface area (Å²) < 4.78 is 11.3. The number of carbonyl (C=O) groups excluding carboxylic acids is 1. The molecule has 0 aliphatic heterocycles. The van der Waals surface area contributed by atoms with Crippen LogP contribution in [0.15, 0.2) is 18.2 Å². The van der Waals surface area contributed by atoms with E-state index in [0.29, 0.717) is 42.6 Å². The Morgan fingerprint density at radius 3 is 2.62 bits per heavy atom. The van der Waals surface area contributed by atoms with Crippen LogP contribution >= 0.6 is 0 Å². The van der Waals surface area contributed by atoms with Gasteiger partial charge in [-0.05, 0) is 44.4 Å². The van der Waals surface area contributed by atoms with Crippen LogP contribution in [0.2, 0.25) is 0 Å². The Bertz CT molecular complexity index is 585. The molecule has 0 aliphatic carbocycles. The van der Waals surface area contributed by atoms with Gasteiger partial charge in [-0.2, -0.15) is 5.26 Å². The fourth-order valence-electron chi connectivity index (χ4n) is 2.38. The van der Waals surface area contributed by atoms with Crippen LogP contribution in [-0.4, -0.2) is 24.7 Å². The molecule has 0 saturated carbocycles. The summed E-state index contributed by atoms with van der Waals surface area (Å²) in [6, 6.07) is 7.22. The zero-order valence-corrected chi connectivity index (χ0v) is 15.3. The van der Waals surface area contributed by atoms with Gasteiger partial charge in [0.15, 0.2) is 0 Å². The van der Waals surface area contributed by atoms with Crippen molar-refractivity contribution in [3.05, 3.63) is 23.8 Å². The van der Waals surface area contributed by atoms with Gasteiger partial charge in [-0.1, -0.05) is 27.2 Å². The van der Waals surface area contributed by atoms with E-state index in [-0.39, 0.29) is 5.91 Å². The van der Waals surface area contributed by atoms with Crippen molar-refractivity contribution in [2.75, 3.05) is 18.5 Å². The Morgan fingerprint density at radius 1 is 1.38 bits per heavy atom. The van der Waals surface area contributed by atoms with Gasteiger partial charge in [0, 0.05) is 6.61 Å². The van der Waals surface area contributed by atoms with Crippen LogP contribution in [0, 0.1) is 17.2 Å². The molecule has 1 rings (SSSR count). The third-order valence-electron chi connectivity index (χ3n) is 3.61. The summed E-state index contributed by atoms with van der Waals surface area (Å²) >= 11 is 0. The molecule has 0 saturated heterocycles. The second-order valence-electron chi connectivity index (χ2n) is 6.39. The average molecular weight is 332 g/mol. The van der Waals surface area contributed by atoms with Crippen molar-refractivity contribution in [2.24, 2.45) is 5.92 Å². The van der Waals surface area contributed by atoms with E-state index < -0.39 is 5.60 Å². The minimum Gasteiger partial charge on any atom is -0.493 e.